The van der Waals surface area contributed by atoms with Gasteiger partial charge in [0.15, 0.2) is 11.5 Å². The van der Waals surface area contributed by atoms with Gasteiger partial charge in [-0.1, -0.05) is 29.8 Å². The molecule has 1 fully saturated rings. The first-order chi connectivity index (χ1) is 13.2. The maximum Gasteiger partial charge on any atom is 0.181 e. The molecule has 0 radical (unpaired) electrons. The van der Waals surface area contributed by atoms with Crippen molar-refractivity contribution in [2.75, 3.05) is 11.9 Å². The summed E-state index contributed by atoms with van der Waals surface area (Å²) in [6, 6.07) is 9.06. The van der Waals surface area contributed by atoms with Crippen molar-refractivity contribution < 1.29 is 0 Å². The Bertz CT molecular complexity index is 1110. The standard InChI is InChI=1S/C20H21ClN6/c1-12-6-7-13(10-23-12)25-19-20-22-8-9-27(20)18(21)17(26-19)15-11-24-16-5-3-2-4-14(15)16/h2-5,8-9,11-13,23-24H,6-7,10H2,1H3,(H,25,26). The minimum atomic E-state index is 0.325. The topological polar surface area (TPSA) is 70.0 Å². The van der Waals surface area contributed by atoms with Crippen molar-refractivity contribution in [3.63, 3.8) is 0 Å². The predicted octanol–water partition coefficient (Wildman–Crippen LogP) is 4.08. The number of hydrogen-bond acceptors (Lipinski definition) is 4. The fraction of sp³-hybridized carbons (Fsp3) is 0.300. The molecule has 1 aliphatic heterocycles. The van der Waals surface area contributed by atoms with E-state index >= 15 is 0 Å². The van der Waals surface area contributed by atoms with Crippen molar-refractivity contribution in [2.24, 2.45) is 0 Å². The number of imidazole rings is 1. The summed E-state index contributed by atoms with van der Waals surface area (Å²) in [5, 5.41) is 8.77. The van der Waals surface area contributed by atoms with Crippen molar-refractivity contribution >= 4 is 34.0 Å². The first-order valence-electron chi connectivity index (χ1n) is 9.29. The van der Waals surface area contributed by atoms with E-state index in [1.54, 1.807) is 6.20 Å². The van der Waals surface area contributed by atoms with Crippen LogP contribution in [0.25, 0.3) is 27.8 Å². The summed E-state index contributed by atoms with van der Waals surface area (Å²) in [7, 11) is 0. The molecule has 6 nitrogen and oxygen atoms in total. The Morgan fingerprint density at radius 2 is 2.15 bits per heavy atom. The molecule has 3 aromatic heterocycles. The normalized spacial score (nSPS) is 20.4. The second kappa shape index (κ2) is 6.55. The van der Waals surface area contributed by atoms with Gasteiger partial charge in [0.25, 0.3) is 0 Å². The average Bonchev–Trinajstić information content (AvgIpc) is 3.33. The van der Waals surface area contributed by atoms with E-state index in [2.05, 4.69) is 39.7 Å². The molecule has 7 heteroatoms. The van der Waals surface area contributed by atoms with Gasteiger partial charge in [-0.25, -0.2) is 9.97 Å². The molecule has 4 aromatic rings. The predicted molar refractivity (Wildman–Crippen MR) is 109 cm³/mol. The fourth-order valence-electron chi connectivity index (χ4n) is 3.81. The van der Waals surface area contributed by atoms with Gasteiger partial charge in [-0.05, 0) is 25.8 Å². The van der Waals surface area contributed by atoms with Gasteiger partial charge in [-0.2, -0.15) is 0 Å². The Labute approximate surface area is 162 Å². The molecule has 2 unspecified atom stereocenters. The average molecular weight is 381 g/mol. The van der Waals surface area contributed by atoms with E-state index in [4.69, 9.17) is 16.6 Å². The fourth-order valence-corrected chi connectivity index (χ4v) is 4.09. The zero-order valence-electron chi connectivity index (χ0n) is 15.0. The number of rotatable bonds is 3. The summed E-state index contributed by atoms with van der Waals surface area (Å²) >= 11 is 6.72. The quantitative estimate of drug-likeness (QED) is 0.500. The Morgan fingerprint density at radius 1 is 1.26 bits per heavy atom. The van der Waals surface area contributed by atoms with Crippen LogP contribution < -0.4 is 10.6 Å². The largest absolute Gasteiger partial charge is 0.363 e. The number of nitrogens with zero attached hydrogens (tertiary/aromatic N) is 3. The highest BCUT2D eigenvalue weighted by Crippen LogP contribution is 2.34. The maximum absolute atomic E-state index is 6.72. The lowest BCUT2D eigenvalue weighted by Gasteiger charge is -2.28. The number of nitrogens with one attached hydrogen (secondary N) is 3. The second-order valence-electron chi connectivity index (χ2n) is 7.20. The first-order valence-corrected chi connectivity index (χ1v) is 9.67. The smallest absolute Gasteiger partial charge is 0.181 e. The molecule has 0 saturated carbocycles. The van der Waals surface area contributed by atoms with Crippen LogP contribution in [0.2, 0.25) is 5.15 Å². The van der Waals surface area contributed by atoms with E-state index in [9.17, 15) is 0 Å². The zero-order chi connectivity index (χ0) is 18.4. The molecule has 2 atom stereocenters. The number of aromatic amines is 1. The van der Waals surface area contributed by atoms with Crippen molar-refractivity contribution in [3.05, 3.63) is 48.0 Å². The second-order valence-corrected chi connectivity index (χ2v) is 7.55. The number of benzene rings is 1. The number of aromatic nitrogens is 4. The van der Waals surface area contributed by atoms with Gasteiger partial charge < -0.3 is 15.6 Å². The van der Waals surface area contributed by atoms with Crippen LogP contribution in [0.4, 0.5) is 5.82 Å². The molecule has 1 saturated heterocycles. The van der Waals surface area contributed by atoms with E-state index < -0.39 is 0 Å². The molecule has 27 heavy (non-hydrogen) atoms. The van der Waals surface area contributed by atoms with Gasteiger partial charge in [0.2, 0.25) is 0 Å². The first kappa shape index (κ1) is 16.6. The highest BCUT2D eigenvalue weighted by atomic mass is 35.5. The van der Waals surface area contributed by atoms with E-state index in [1.165, 1.54) is 0 Å². The summed E-state index contributed by atoms with van der Waals surface area (Å²) in [5.74, 6) is 0.769. The monoisotopic (exact) mass is 380 g/mol. The molecule has 0 bridgehead atoms. The summed E-state index contributed by atoms with van der Waals surface area (Å²) in [6.07, 6.45) is 7.85. The van der Waals surface area contributed by atoms with Gasteiger partial charge in [0, 0.05) is 53.7 Å². The van der Waals surface area contributed by atoms with E-state index in [0.717, 1.165) is 53.0 Å². The van der Waals surface area contributed by atoms with Crippen LogP contribution >= 0.6 is 11.6 Å². The molecule has 5 rings (SSSR count). The number of hydrogen-bond donors (Lipinski definition) is 3. The van der Waals surface area contributed by atoms with Crippen LogP contribution in [0.1, 0.15) is 19.8 Å². The molecule has 4 heterocycles. The van der Waals surface area contributed by atoms with Gasteiger partial charge >= 0.3 is 0 Å². The van der Waals surface area contributed by atoms with E-state index in [1.807, 2.05) is 28.9 Å². The zero-order valence-corrected chi connectivity index (χ0v) is 15.8. The highest BCUT2D eigenvalue weighted by molar-refractivity contribution is 6.32. The number of halogens is 1. The van der Waals surface area contributed by atoms with E-state index in [-0.39, 0.29) is 0 Å². The highest BCUT2D eigenvalue weighted by Gasteiger charge is 2.22. The lowest BCUT2D eigenvalue weighted by Crippen LogP contribution is -2.43. The molecule has 0 amide bonds. The Balaban J connectivity index is 1.62. The number of H-pyrrole nitrogens is 1. The molecule has 3 N–H and O–H groups in total. The molecule has 0 spiro atoms. The van der Waals surface area contributed by atoms with Gasteiger partial charge in [0.05, 0.1) is 0 Å². The molecule has 138 valence electrons. The minimum absolute atomic E-state index is 0.325. The third-order valence-corrected chi connectivity index (χ3v) is 5.69. The van der Waals surface area contributed by atoms with Crippen LogP contribution in [0.5, 0.6) is 0 Å². The van der Waals surface area contributed by atoms with Gasteiger partial charge in [-0.15, -0.1) is 0 Å². The molecular formula is C20H21ClN6. The van der Waals surface area contributed by atoms with Crippen molar-refractivity contribution in [3.8, 4) is 11.3 Å². The molecule has 1 aromatic carbocycles. The Kier molecular flexibility index (Phi) is 4.02. The third-order valence-electron chi connectivity index (χ3n) is 5.33. The van der Waals surface area contributed by atoms with Crippen LogP contribution in [0.15, 0.2) is 42.9 Å². The van der Waals surface area contributed by atoms with Crippen LogP contribution in [-0.2, 0) is 0 Å². The summed E-state index contributed by atoms with van der Waals surface area (Å²) in [5.41, 5.74) is 3.56. The lowest BCUT2D eigenvalue weighted by atomic mass is 10.0. The van der Waals surface area contributed by atoms with Gasteiger partial charge in [0.1, 0.15) is 10.8 Å². The number of fused-ring (bicyclic) bond motifs is 2. The van der Waals surface area contributed by atoms with E-state index in [0.29, 0.717) is 17.2 Å². The number of para-hydroxylation sites is 1. The van der Waals surface area contributed by atoms with Crippen molar-refractivity contribution in [1.82, 2.24) is 24.7 Å². The van der Waals surface area contributed by atoms with Crippen molar-refractivity contribution in [1.29, 1.82) is 0 Å². The molecule has 0 aliphatic carbocycles. The summed E-state index contributed by atoms with van der Waals surface area (Å²) < 4.78 is 1.90. The minimum Gasteiger partial charge on any atom is -0.363 e. The maximum atomic E-state index is 6.72. The summed E-state index contributed by atoms with van der Waals surface area (Å²) in [6.45, 7) is 3.14. The third kappa shape index (κ3) is 2.85. The van der Waals surface area contributed by atoms with Crippen LogP contribution in [0, 0.1) is 0 Å². The van der Waals surface area contributed by atoms with Crippen LogP contribution in [-0.4, -0.2) is 38.0 Å². The number of anilines is 1. The Morgan fingerprint density at radius 3 is 3.00 bits per heavy atom. The molecular weight excluding hydrogens is 360 g/mol. The number of piperidine rings is 1. The SMILES string of the molecule is CC1CCC(Nc2nc(-c3c[nH]c4ccccc34)c(Cl)n3ccnc23)CN1. The lowest BCUT2D eigenvalue weighted by molar-refractivity contribution is 0.398. The van der Waals surface area contributed by atoms with Crippen LogP contribution in [0.3, 0.4) is 0 Å². The van der Waals surface area contributed by atoms with Crippen molar-refractivity contribution in [2.45, 2.75) is 31.8 Å². The molecule has 1 aliphatic rings. The van der Waals surface area contributed by atoms with Gasteiger partial charge in [-0.3, -0.25) is 4.40 Å². The summed E-state index contributed by atoms with van der Waals surface area (Å²) in [4.78, 5) is 12.7. The Hall–Kier alpha value is -2.57.